The summed E-state index contributed by atoms with van der Waals surface area (Å²) in [5.74, 6) is -5.79. The number of amides is 2. The van der Waals surface area contributed by atoms with E-state index in [1.165, 1.54) is 0 Å². The number of benzene rings is 1. The molecule has 1 atom stereocenters. The summed E-state index contributed by atoms with van der Waals surface area (Å²) in [5, 5.41) is 2.04. The zero-order chi connectivity index (χ0) is 17.2. The summed E-state index contributed by atoms with van der Waals surface area (Å²) in [6.45, 7) is -0.559. The predicted molar refractivity (Wildman–Crippen MR) is 70.3 cm³/mol. The molecular weight excluding hydrogens is 323 g/mol. The summed E-state index contributed by atoms with van der Waals surface area (Å²) in [4.78, 5) is 23.8. The van der Waals surface area contributed by atoms with Crippen molar-refractivity contribution in [3.8, 4) is 0 Å². The molecule has 2 amide bonds. The fourth-order valence-corrected chi connectivity index (χ4v) is 2.40. The topological polar surface area (TPSA) is 49.4 Å². The molecule has 1 aliphatic heterocycles. The van der Waals surface area contributed by atoms with Crippen LogP contribution < -0.4 is 5.32 Å². The number of halogens is 5. The Morgan fingerprint density at radius 2 is 1.78 bits per heavy atom. The van der Waals surface area contributed by atoms with Gasteiger partial charge in [-0.25, -0.2) is 8.78 Å². The smallest absolute Gasteiger partial charge is 0.334 e. The fourth-order valence-electron chi connectivity index (χ4n) is 2.40. The summed E-state index contributed by atoms with van der Waals surface area (Å²) in [5.41, 5.74) is -0.656. The lowest BCUT2D eigenvalue weighted by Crippen LogP contribution is -2.48. The third-order valence-electron chi connectivity index (χ3n) is 3.53. The van der Waals surface area contributed by atoms with E-state index >= 15 is 0 Å². The number of carbonyl (C=O) groups excluding carboxylic acids is 2. The van der Waals surface area contributed by atoms with Crippen LogP contribution in [0.15, 0.2) is 18.2 Å². The minimum Gasteiger partial charge on any atom is -0.334 e. The molecule has 1 N–H and O–H groups in total. The standard InChI is InChI=1S/C14H13F5N2O2/c15-9-4-1-5-10(16)11(9)20-12(22)8-3-2-6-21(7-8)13(23)14(17,18)19/h1,4-5,8H,2-3,6-7H2,(H,20,22). The molecule has 4 nitrogen and oxygen atoms in total. The van der Waals surface area contributed by atoms with Crippen molar-refractivity contribution >= 4 is 17.5 Å². The number of para-hydroxylation sites is 1. The first-order chi connectivity index (χ1) is 10.7. The summed E-state index contributed by atoms with van der Waals surface area (Å²) >= 11 is 0. The van der Waals surface area contributed by atoms with Gasteiger partial charge >= 0.3 is 12.1 Å². The first-order valence-corrected chi connectivity index (χ1v) is 6.81. The molecule has 1 aromatic rings. The van der Waals surface area contributed by atoms with E-state index in [0.29, 0.717) is 4.90 Å². The Kier molecular flexibility index (Phi) is 4.86. The highest BCUT2D eigenvalue weighted by Crippen LogP contribution is 2.25. The third-order valence-corrected chi connectivity index (χ3v) is 3.53. The van der Waals surface area contributed by atoms with Gasteiger partial charge < -0.3 is 10.2 Å². The Morgan fingerprint density at radius 1 is 1.17 bits per heavy atom. The van der Waals surface area contributed by atoms with Gasteiger partial charge in [0.1, 0.15) is 17.3 Å². The molecule has 1 fully saturated rings. The van der Waals surface area contributed by atoms with Gasteiger partial charge in [-0.05, 0) is 25.0 Å². The van der Waals surface area contributed by atoms with Crippen LogP contribution >= 0.6 is 0 Å². The number of piperidine rings is 1. The number of nitrogens with zero attached hydrogens (tertiary/aromatic N) is 1. The van der Waals surface area contributed by atoms with E-state index < -0.39 is 47.8 Å². The number of carbonyl (C=O) groups is 2. The molecule has 0 spiro atoms. The van der Waals surface area contributed by atoms with Crippen molar-refractivity contribution in [2.75, 3.05) is 18.4 Å². The zero-order valence-electron chi connectivity index (χ0n) is 11.8. The van der Waals surface area contributed by atoms with Crippen LogP contribution in [-0.2, 0) is 9.59 Å². The number of likely N-dealkylation sites (tertiary alicyclic amines) is 1. The van der Waals surface area contributed by atoms with Gasteiger partial charge in [0, 0.05) is 13.1 Å². The van der Waals surface area contributed by atoms with Gasteiger partial charge in [-0.2, -0.15) is 13.2 Å². The molecular formula is C14H13F5N2O2. The van der Waals surface area contributed by atoms with Crippen molar-refractivity contribution in [2.45, 2.75) is 19.0 Å². The van der Waals surface area contributed by atoms with Crippen LogP contribution in [0.4, 0.5) is 27.6 Å². The van der Waals surface area contributed by atoms with Gasteiger partial charge in [0.2, 0.25) is 5.91 Å². The van der Waals surface area contributed by atoms with E-state index in [1.807, 2.05) is 5.32 Å². The first kappa shape index (κ1) is 17.2. The molecule has 1 heterocycles. The minimum atomic E-state index is -5.02. The Balaban J connectivity index is 2.07. The molecule has 9 heteroatoms. The van der Waals surface area contributed by atoms with Crippen molar-refractivity contribution in [3.63, 3.8) is 0 Å². The maximum Gasteiger partial charge on any atom is 0.471 e. The molecule has 1 saturated heterocycles. The summed E-state index contributed by atoms with van der Waals surface area (Å²) in [6.07, 6.45) is -4.60. The summed E-state index contributed by atoms with van der Waals surface area (Å²) in [7, 11) is 0. The fraction of sp³-hybridized carbons (Fsp3) is 0.429. The maximum absolute atomic E-state index is 13.5. The molecule has 0 saturated carbocycles. The highest BCUT2D eigenvalue weighted by Gasteiger charge is 2.44. The lowest BCUT2D eigenvalue weighted by atomic mass is 9.97. The molecule has 23 heavy (non-hydrogen) atoms. The molecule has 0 bridgehead atoms. The van der Waals surface area contributed by atoms with E-state index in [2.05, 4.69) is 0 Å². The second-order valence-corrected chi connectivity index (χ2v) is 5.17. The lowest BCUT2D eigenvalue weighted by Gasteiger charge is -2.32. The Morgan fingerprint density at radius 3 is 2.35 bits per heavy atom. The zero-order valence-corrected chi connectivity index (χ0v) is 11.8. The van der Waals surface area contributed by atoms with Crippen LogP contribution in [0, 0.1) is 17.6 Å². The molecule has 1 aliphatic rings. The second kappa shape index (κ2) is 6.51. The van der Waals surface area contributed by atoms with Gasteiger partial charge in [0.05, 0.1) is 5.92 Å². The third kappa shape index (κ3) is 3.96. The van der Waals surface area contributed by atoms with E-state index in [1.54, 1.807) is 0 Å². The van der Waals surface area contributed by atoms with Crippen molar-refractivity contribution in [3.05, 3.63) is 29.8 Å². The molecule has 1 aromatic carbocycles. The van der Waals surface area contributed by atoms with Crippen LogP contribution in [0.25, 0.3) is 0 Å². The van der Waals surface area contributed by atoms with E-state index in [0.717, 1.165) is 18.2 Å². The number of rotatable bonds is 2. The predicted octanol–water partition coefficient (Wildman–Crippen LogP) is 2.70. The van der Waals surface area contributed by atoms with Crippen LogP contribution in [0.3, 0.4) is 0 Å². The highest BCUT2D eigenvalue weighted by molar-refractivity contribution is 5.93. The summed E-state index contributed by atoms with van der Waals surface area (Å²) < 4.78 is 64.2. The van der Waals surface area contributed by atoms with E-state index in [4.69, 9.17) is 0 Å². The van der Waals surface area contributed by atoms with Gasteiger partial charge in [0.25, 0.3) is 0 Å². The Labute approximate surface area is 128 Å². The first-order valence-electron chi connectivity index (χ1n) is 6.81. The molecule has 1 unspecified atom stereocenters. The number of anilines is 1. The molecule has 0 aliphatic carbocycles. The Bertz CT molecular complexity index is 597. The molecule has 0 radical (unpaired) electrons. The van der Waals surface area contributed by atoms with Gasteiger partial charge in [0.15, 0.2) is 0 Å². The van der Waals surface area contributed by atoms with Crippen LogP contribution in [0.1, 0.15) is 12.8 Å². The molecule has 0 aromatic heterocycles. The number of hydrogen-bond acceptors (Lipinski definition) is 2. The van der Waals surface area contributed by atoms with E-state index in [9.17, 15) is 31.5 Å². The lowest BCUT2D eigenvalue weighted by molar-refractivity contribution is -0.187. The number of alkyl halides is 3. The van der Waals surface area contributed by atoms with Gasteiger partial charge in [-0.3, -0.25) is 9.59 Å². The minimum absolute atomic E-state index is 0.115. The largest absolute Gasteiger partial charge is 0.471 e. The SMILES string of the molecule is O=C(Nc1c(F)cccc1F)C1CCCN(C(=O)C(F)(F)F)C1. The second-order valence-electron chi connectivity index (χ2n) is 5.17. The maximum atomic E-state index is 13.5. The average Bonchev–Trinajstić information content (AvgIpc) is 2.49. The Hall–Kier alpha value is -2.19. The normalized spacial score (nSPS) is 18.7. The van der Waals surface area contributed by atoms with Crippen molar-refractivity contribution in [1.82, 2.24) is 4.90 Å². The monoisotopic (exact) mass is 336 g/mol. The molecule has 126 valence electrons. The quantitative estimate of drug-likeness (QED) is 0.844. The average molecular weight is 336 g/mol. The van der Waals surface area contributed by atoms with E-state index in [-0.39, 0.29) is 19.4 Å². The van der Waals surface area contributed by atoms with Crippen LogP contribution in [-0.4, -0.2) is 36.0 Å². The number of nitrogens with one attached hydrogen (secondary N) is 1. The van der Waals surface area contributed by atoms with Crippen LogP contribution in [0.5, 0.6) is 0 Å². The summed E-state index contributed by atoms with van der Waals surface area (Å²) in [6, 6.07) is 3.00. The van der Waals surface area contributed by atoms with Crippen molar-refractivity contribution in [1.29, 1.82) is 0 Å². The highest BCUT2D eigenvalue weighted by atomic mass is 19.4. The number of hydrogen-bond donors (Lipinski definition) is 1. The van der Waals surface area contributed by atoms with Gasteiger partial charge in [-0.15, -0.1) is 0 Å². The van der Waals surface area contributed by atoms with Crippen LogP contribution in [0.2, 0.25) is 0 Å². The molecule has 2 rings (SSSR count). The van der Waals surface area contributed by atoms with Crippen molar-refractivity contribution < 1.29 is 31.5 Å². The van der Waals surface area contributed by atoms with Crippen molar-refractivity contribution in [2.24, 2.45) is 5.92 Å². The van der Waals surface area contributed by atoms with Gasteiger partial charge in [-0.1, -0.05) is 6.07 Å².